The summed E-state index contributed by atoms with van der Waals surface area (Å²) in [4.78, 5) is 43.1. The number of unbranched alkanes of at least 4 members (excludes halogenated alkanes) is 2. The average molecular weight is 544 g/mol. The Labute approximate surface area is 235 Å². The summed E-state index contributed by atoms with van der Waals surface area (Å²) in [6, 6.07) is 25.8. The Morgan fingerprint density at radius 2 is 1.48 bits per heavy atom. The lowest BCUT2D eigenvalue weighted by molar-refractivity contribution is -0.139. The number of hydroxylamine groups is 1. The first-order valence-corrected chi connectivity index (χ1v) is 13.9. The van der Waals surface area contributed by atoms with Crippen molar-refractivity contribution in [3.63, 3.8) is 0 Å². The third-order valence-corrected chi connectivity index (χ3v) is 7.07. The number of carbonyl (C=O) groups excluding carboxylic acids is 3. The predicted molar refractivity (Wildman–Crippen MR) is 153 cm³/mol. The van der Waals surface area contributed by atoms with E-state index in [9.17, 15) is 14.4 Å². The SMILES string of the molecule is CCCCC[C@H](CC(=O)NOCc1ccccc1)C(=O)NCNC(=O)OCC1c2ccccc2-c2ccccc21. The molecule has 210 valence electrons. The molecule has 3 N–H and O–H groups in total. The first-order chi connectivity index (χ1) is 19.6. The number of amides is 3. The van der Waals surface area contributed by atoms with E-state index in [4.69, 9.17) is 9.57 Å². The van der Waals surface area contributed by atoms with E-state index in [1.165, 1.54) is 0 Å². The van der Waals surface area contributed by atoms with E-state index in [0.717, 1.165) is 47.1 Å². The van der Waals surface area contributed by atoms with Crippen molar-refractivity contribution >= 4 is 17.9 Å². The molecule has 0 saturated heterocycles. The molecule has 40 heavy (non-hydrogen) atoms. The van der Waals surface area contributed by atoms with Crippen molar-refractivity contribution in [1.82, 2.24) is 16.1 Å². The van der Waals surface area contributed by atoms with Crippen LogP contribution in [0.3, 0.4) is 0 Å². The van der Waals surface area contributed by atoms with Gasteiger partial charge in [0.2, 0.25) is 11.8 Å². The summed E-state index contributed by atoms with van der Waals surface area (Å²) < 4.78 is 5.52. The van der Waals surface area contributed by atoms with Crippen LogP contribution in [0.1, 0.15) is 61.6 Å². The molecule has 0 fully saturated rings. The largest absolute Gasteiger partial charge is 0.449 e. The van der Waals surface area contributed by atoms with Gasteiger partial charge in [0.15, 0.2) is 0 Å². The van der Waals surface area contributed by atoms with Gasteiger partial charge in [0.1, 0.15) is 6.61 Å². The van der Waals surface area contributed by atoms with E-state index in [2.05, 4.69) is 47.3 Å². The Morgan fingerprint density at radius 3 is 2.15 bits per heavy atom. The van der Waals surface area contributed by atoms with Gasteiger partial charge in [-0.05, 0) is 34.2 Å². The van der Waals surface area contributed by atoms with Crippen molar-refractivity contribution in [2.24, 2.45) is 5.92 Å². The van der Waals surface area contributed by atoms with Gasteiger partial charge in [-0.2, -0.15) is 0 Å². The number of hydrogen-bond acceptors (Lipinski definition) is 5. The Kier molecular flexibility index (Phi) is 10.7. The minimum atomic E-state index is -0.614. The van der Waals surface area contributed by atoms with E-state index in [0.29, 0.717) is 6.42 Å². The van der Waals surface area contributed by atoms with Gasteiger partial charge in [0, 0.05) is 18.3 Å². The molecule has 1 aliphatic carbocycles. The van der Waals surface area contributed by atoms with E-state index < -0.39 is 12.0 Å². The van der Waals surface area contributed by atoms with Crippen molar-refractivity contribution in [2.45, 2.75) is 51.6 Å². The van der Waals surface area contributed by atoms with Crippen LogP contribution in [-0.2, 0) is 25.8 Å². The van der Waals surface area contributed by atoms with Crippen molar-refractivity contribution in [3.05, 3.63) is 95.6 Å². The van der Waals surface area contributed by atoms with E-state index in [-0.39, 0.29) is 44.0 Å². The number of hydrogen-bond donors (Lipinski definition) is 3. The van der Waals surface area contributed by atoms with Gasteiger partial charge in [0.25, 0.3) is 0 Å². The Balaban J connectivity index is 1.22. The molecule has 0 unspecified atom stereocenters. The first-order valence-electron chi connectivity index (χ1n) is 13.9. The maximum absolute atomic E-state index is 12.9. The standard InChI is InChI=1S/C32H37N3O5/c1-2-3-5-14-24(19-30(36)35-40-20-23-12-6-4-7-13-23)31(37)33-22-34-32(38)39-21-29-27-17-10-8-15-25(27)26-16-9-11-18-28(26)29/h4,6-13,15-18,24,29H,2-3,5,14,19-22H2,1H3,(H,33,37)(H,34,38)(H,35,36)/t24-/m1/s1. The summed E-state index contributed by atoms with van der Waals surface area (Å²) in [5.41, 5.74) is 7.93. The zero-order chi connectivity index (χ0) is 28.2. The smallest absolute Gasteiger partial charge is 0.408 e. The molecule has 0 aromatic heterocycles. The van der Waals surface area contributed by atoms with Gasteiger partial charge in [-0.1, -0.05) is 105 Å². The first kappa shape index (κ1) is 28.8. The summed E-state index contributed by atoms with van der Waals surface area (Å²) in [5.74, 6) is -1.24. The van der Waals surface area contributed by atoms with Gasteiger partial charge in [-0.3, -0.25) is 14.4 Å². The van der Waals surface area contributed by atoms with E-state index in [1.54, 1.807) is 0 Å². The van der Waals surface area contributed by atoms with E-state index >= 15 is 0 Å². The fourth-order valence-corrected chi connectivity index (χ4v) is 5.00. The molecule has 0 saturated carbocycles. The van der Waals surface area contributed by atoms with Crippen LogP contribution in [-0.4, -0.2) is 31.2 Å². The summed E-state index contributed by atoms with van der Waals surface area (Å²) in [5, 5.41) is 5.31. The number of benzene rings is 3. The number of fused-ring (bicyclic) bond motifs is 3. The molecule has 0 radical (unpaired) electrons. The minimum absolute atomic E-state index is 0.00468. The third-order valence-electron chi connectivity index (χ3n) is 7.07. The quantitative estimate of drug-likeness (QED) is 0.143. The number of carbonyl (C=O) groups is 3. The summed E-state index contributed by atoms with van der Waals surface area (Å²) in [6.07, 6.45) is 2.74. The second-order valence-electron chi connectivity index (χ2n) is 9.92. The Bertz CT molecular complexity index is 1230. The lowest BCUT2D eigenvalue weighted by Crippen LogP contribution is -2.41. The van der Waals surface area contributed by atoms with Crippen molar-refractivity contribution in [1.29, 1.82) is 0 Å². The molecule has 3 aromatic carbocycles. The molecule has 0 bridgehead atoms. The number of ether oxygens (including phenoxy) is 1. The summed E-state index contributed by atoms with van der Waals surface area (Å²) in [6.45, 7) is 2.42. The van der Waals surface area contributed by atoms with Crippen LogP contribution in [0.5, 0.6) is 0 Å². The molecule has 4 rings (SSSR count). The Morgan fingerprint density at radius 1 is 0.825 bits per heavy atom. The second-order valence-corrected chi connectivity index (χ2v) is 9.92. The molecule has 1 atom stereocenters. The van der Waals surface area contributed by atoms with Crippen molar-refractivity contribution in [2.75, 3.05) is 13.3 Å². The highest BCUT2D eigenvalue weighted by Gasteiger charge is 2.29. The normalized spacial score (nSPS) is 12.6. The molecule has 0 spiro atoms. The van der Waals surface area contributed by atoms with Crippen LogP contribution in [0.15, 0.2) is 78.9 Å². The molecule has 3 aromatic rings. The molecular weight excluding hydrogens is 506 g/mol. The minimum Gasteiger partial charge on any atom is -0.449 e. The lowest BCUT2D eigenvalue weighted by atomic mass is 9.96. The van der Waals surface area contributed by atoms with Crippen molar-refractivity contribution < 1.29 is 24.0 Å². The number of nitrogens with one attached hydrogen (secondary N) is 3. The fraction of sp³-hybridized carbons (Fsp3) is 0.344. The van der Waals surface area contributed by atoms with E-state index in [1.807, 2.05) is 54.6 Å². The second kappa shape index (κ2) is 14.8. The van der Waals surface area contributed by atoms with Crippen LogP contribution >= 0.6 is 0 Å². The van der Waals surface area contributed by atoms with Crippen LogP contribution < -0.4 is 16.1 Å². The van der Waals surface area contributed by atoms with Gasteiger partial charge < -0.3 is 15.4 Å². The fourth-order valence-electron chi connectivity index (χ4n) is 5.00. The van der Waals surface area contributed by atoms with Crippen LogP contribution in [0.2, 0.25) is 0 Å². The zero-order valence-corrected chi connectivity index (χ0v) is 22.9. The highest BCUT2D eigenvalue weighted by atomic mass is 16.6. The molecule has 0 aliphatic heterocycles. The topological polar surface area (TPSA) is 106 Å². The maximum Gasteiger partial charge on any atom is 0.408 e. The van der Waals surface area contributed by atoms with Crippen molar-refractivity contribution in [3.8, 4) is 11.1 Å². The molecule has 1 aliphatic rings. The molecule has 3 amide bonds. The number of rotatable bonds is 14. The van der Waals surface area contributed by atoms with Crippen LogP contribution in [0.4, 0.5) is 4.79 Å². The van der Waals surface area contributed by atoms with Gasteiger partial charge >= 0.3 is 6.09 Å². The zero-order valence-electron chi connectivity index (χ0n) is 22.9. The molecule has 8 heteroatoms. The maximum atomic E-state index is 12.9. The van der Waals surface area contributed by atoms with Gasteiger partial charge in [-0.25, -0.2) is 10.3 Å². The predicted octanol–water partition coefficient (Wildman–Crippen LogP) is 5.43. The molecule has 0 heterocycles. The summed E-state index contributed by atoms with van der Waals surface area (Å²) in [7, 11) is 0. The Hall–Kier alpha value is -4.17. The van der Waals surface area contributed by atoms with Gasteiger partial charge in [0.05, 0.1) is 13.3 Å². The third kappa shape index (κ3) is 7.93. The van der Waals surface area contributed by atoms with Crippen LogP contribution in [0.25, 0.3) is 11.1 Å². The molecule has 8 nitrogen and oxygen atoms in total. The lowest BCUT2D eigenvalue weighted by Gasteiger charge is -2.17. The van der Waals surface area contributed by atoms with Gasteiger partial charge in [-0.15, -0.1) is 0 Å². The monoisotopic (exact) mass is 543 g/mol. The highest BCUT2D eigenvalue weighted by molar-refractivity contribution is 5.85. The number of alkyl carbamates (subject to hydrolysis) is 1. The molecular formula is C32H37N3O5. The summed E-state index contributed by atoms with van der Waals surface area (Å²) >= 11 is 0. The average Bonchev–Trinajstić information content (AvgIpc) is 3.30. The highest BCUT2D eigenvalue weighted by Crippen LogP contribution is 2.44. The van der Waals surface area contributed by atoms with Crippen LogP contribution in [0, 0.1) is 5.92 Å².